The number of esters is 1. The number of hydrogen-bond acceptors (Lipinski definition) is 5. The van der Waals surface area contributed by atoms with Crippen molar-refractivity contribution < 1.29 is 9.53 Å². The first-order valence-electron chi connectivity index (χ1n) is 6.95. The Labute approximate surface area is 140 Å². The van der Waals surface area contributed by atoms with Crippen LogP contribution in [0.2, 0.25) is 5.02 Å². The molecule has 0 atom stereocenters. The van der Waals surface area contributed by atoms with E-state index in [0.717, 1.165) is 4.57 Å². The summed E-state index contributed by atoms with van der Waals surface area (Å²) in [6.07, 6.45) is 1.32. The quantitative estimate of drug-likeness (QED) is 0.513. The molecule has 0 saturated carbocycles. The third-order valence-electron chi connectivity index (χ3n) is 3.54. The zero-order chi connectivity index (χ0) is 17.4. The number of carbonyl (C=O) groups is 1. The van der Waals surface area contributed by atoms with Crippen LogP contribution < -0.4 is 16.0 Å². The molecular formula is C15H13ClN4O4. The first-order valence-corrected chi connectivity index (χ1v) is 7.33. The summed E-state index contributed by atoms with van der Waals surface area (Å²) in [6.45, 7) is -0.226. The van der Waals surface area contributed by atoms with Crippen LogP contribution in [0.1, 0.15) is 0 Å². The van der Waals surface area contributed by atoms with E-state index >= 15 is 0 Å². The highest BCUT2D eigenvalue weighted by molar-refractivity contribution is 6.30. The first kappa shape index (κ1) is 16.0. The minimum absolute atomic E-state index is 0.155. The summed E-state index contributed by atoms with van der Waals surface area (Å²) in [5, 5.41) is 0.442. The Morgan fingerprint density at radius 3 is 2.71 bits per heavy atom. The van der Waals surface area contributed by atoms with Crippen LogP contribution in [0, 0.1) is 0 Å². The van der Waals surface area contributed by atoms with E-state index < -0.39 is 17.2 Å². The molecule has 3 rings (SSSR count). The summed E-state index contributed by atoms with van der Waals surface area (Å²) in [7, 11) is 2.87. The number of benzene rings is 1. The van der Waals surface area contributed by atoms with Crippen molar-refractivity contribution in [2.75, 3.05) is 0 Å². The number of rotatable bonds is 3. The molecule has 0 bridgehead atoms. The van der Waals surface area contributed by atoms with Gasteiger partial charge in [-0.3, -0.25) is 13.9 Å². The number of nitrogens with zero attached hydrogens (tertiary/aromatic N) is 4. The van der Waals surface area contributed by atoms with Gasteiger partial charge in [0.15, 0.2) is 11.2 Å². The zero-order valence-corrected chi connectivity index (χ0v) is 13.6. The Kier molecular flexibility index (Phi) is 3.98. The molecule has 8 nitrogen and oxygen atoms in total. The summed E-state index contributed by atoms with van der Waals surface area (Å²) >= 11 is 5.84. The lowest BCUT2D eigenvalue weighted by Gasteiger charge is -2.07. The zero-order valence-electron chi connectivity index (χ0n) is 12.9. The van der Waals surface area contributed by atoms with Crippen LogP contribution >= 0.6 is 11.6 Å². The van der Waals surface area contributed by atoms with Crippen molar-refractivity contribution in [3.63, 3.8) is 0 Å². The fourth-order valence-corrected chi connectivity index (χ4v) is 2.53. The second kappa shape index (κ2) is 5.97. The average Bonchev–Trinajstić information content (AvgIpc) is 2.94. The fraction of sp³-hybridized carbons (Fsp3) is 0.200. The lowest BCUT2D eigenvalue weighted by molar-refractivity contribution is -0.135. The number of imidazole rings is 1. The van der Waals surface area contributed by atoms with E-state index in [2.05, 4.69) is 4.98 Å². The molecule has 0 spiro atoms. The standard InChI is InChI=1S/C15H13ClN4O4/c1-18-13-12(14(22)19(2)15(18)23)20(8-17-13)7-11(21)24-10-5-3-4-9(16)6-10/h3-6,8H,7H2,1-2H3. The topological polar surface area (TPSA) is 88.1 Å². The van der Waals surface area contributed by atoms with E-state index in [9.17, 15) is 14.4 Å². The molecule has 9 heteroatoms. The van der Waals surface area contributed by atoms with Crippen molar-refractivity contribution in [3.8, 4) is 5.75 Å². The molecule has 0 aliphatic carbocycles. The molecule has 24 heavy (non-hydrogen) atoms. The molecule has 0 saturated heterocycles. The normalized spacial score (nSPS) is 11.0. The molecule has 0 N–H and O–H groups in total. The summed E-state index contributed by atoms with van der Waals surface area (Å²) in [6, 6.07) is 6.42. The Morgan fingerprint density at radius 1 is 1.25 bits per heavy atom. The maximum Gasteiger partial charge on any atom is 0.332 e. The SMILES string of the molecule is Cn1c(=O)c2c(ncn2CC(=O)Oc2cccc(Cl)c2)n(C)c1=O. The second-order valence-corrected chi connectivity index (χ2v) is 5.62. The van der Waals surface area contributed by atoms with Gasteiger partial charge in [0.25, 0.3) is 5.56 Å². The van der Waals surface area contributed by atoms with Crippen molar-refractivity contribution in [1.82, 2.24) is 18.7 Å². The van der Waals surface area contributed by atoms with E-state index in [1.54, 1.807) is 18.2 Å². The van der Waals surface area contributed by atoms with E-state index in [1.165, 1.54) is 35.6 Å². The predicted molar refractivity (Wildman–Crippen MR) is 87.3 cm³/mol. The van der Waals surface area contributed by atoms with Gasteiger partial charge in [-0.2, -0.15) is 0 Å². The summed E-state index contributed by atoms with van der Waals surface area (Å²) in [5.41, 5.74) is -0.651. The molecule has 3 aromatic rings. The monoisotopic (exact) mass is 348 g/mol. The number of ether oxygens (including phenoxy) is 1. The Hall–Kier alpha value is -2.87. The van der Waals surface area contributed by atoms with Crippen molar-refractivity contribution in [2.45, 2.75) is 6.54 Å². The smallest absolute Gasteiger partial charge is 0.332 e. The van der Waals surface area contributed by atoms with Gasteiger partial charge in [0, 0.05) is 19.1 Å². The summed E-state index contributed by atoms with van der Waals surface area (Å²) in [5.74, 6) is -0.287. The largest absolute Gasteiger partial charge is 0.425 e. The minimum atomic E-state index is -0.590. The van der Waals surface area contributed by atoms with Gasteiger partial charge in [-0.1, -0.05) is 17.7 Å². The predicted octanol–water partition coefficient (Wildman–Crippen LogP) is 0.693. The van der Waals surface area contributed by atoms with Crippen molar-refractivity contribution in [1.29, 1.82) is 0 Å². The summed E-state index contributed by atoms with van der Waals surface area (Å²) in [4.78, 5) is 40.3. The molecule has 0 unspecified atom stereocenters. The highest BCUT2D eigenvalue weighted by Gasteiger charge is 2.16. The fourth-order valence-electron chi connectivity index (χ4n) is 2.35. The second-order valence-electron chi connectivity index (χ2n) is 5.18. The van der Waals surface area contributed by atoms with Crippen LogP contribution in [0.15, 0.2) is 40.2 Å². The van der Waals surface area contributed by atoms with Gasteiger partial charge in [-0.15, -0.1) is 0 Å². The van der Waals surface area contributed by atoms with Gasteiger partial charge in [0.1, 0.15) is 12.3 Å². The lowest BCUT2D eigenvalue weighted by atomic mass is 10.3. The molecule has 2 heterocycles. The third kappa shape index (κ3) is 2.71. The molecule has 0 fully saturated rings. The maximum absolute atomic E-state index is 12.3. The van der Waals surface area contributed by atoms with Crippen LogP contribution in [0.3, 0.4) is 0 Å². The van der Waals surface area contributed by atoms with E-state index in [1.807, 2.05) is 0 Å². The van der Waals surface area contributed by atoms with Crippen molar-refractivity contribution in [3.05, 3.63) is 56.5 Å². The molecule has 1 aromatic carbocycles. The number of aromatic nitrogens is 4. The van der Waals surface area contributed by atoms with Gasteiger partial charge in [0.2, 0.25) is 0 Å². The van der Waals surface area contributed by atoms with Crippen LogP contribution in [0.4, 0.5) is 0 Å². The number of aryl methyl sites for hydroxylation is 1. The number of fused-ring (bicyclic) bond motifs is 1. The van der Waals surface area contributed by atoms with Crippen molar-refractivity contribution in [2.24, 2.45) is 14.1 Å². The highest BCUT2D eigenvalue weighted by atomic mass is 35.5. The van der Waals surface area contributed by atoms with Gasteiger partial charge >= 0.3 is 11.7 Å². The van der Waals surface area contributed by atoms with E-state index in [0.29, 0.717) is 10.8 Å². The van der Waals surface area contributed by atoms with Gasteiger partial charge in [0.05, 0.1) is 6.33 Å². The van der Waals surface area contributed by atoms with Crippen LogP contribution in [-0.4, -0.2) is 24.7 Å². The molecule has 2 aromatic heterocycles. The molecule has 0 aliphatic heterocycles. The Morgan fingerprint density at radius 2 is 2.00 bits per heavy atom. The molecule has 124 valence electrons. The van der Waals surface area contributed by atoms with Crippen LogP contribution in [0.5, 0.6) is 5.75 Å². The van der Waals surface area contributed by atoms with Crippen LogP contribution in [0.25, 0.3) is 11.2 Å². The minimum Gasteiger partial charge on any atom is -0.425 e. The number of hydrogen-bond donors (Lipinski definition) is 0. The molecule has 0 amide bonds. The van der Waals surface area contributed by atoms with Gasteiger partial charge in [-0.05, 0) is 18.2 Å². The first-order chi connectivity index (χ1) is 11.4. The molecule has 0 aliphatic rings. The van der Waals surface area contributed by atoms with Crippen molar-refractivity contribution >= 4 is 28.7 Å². The van der Waals surface area contributed by atoms with Gasteiger partial charge < -0.3 is 9.30 Å². The average molecular weight is 349 g/mol. The lowest BCUT2D eigenvalue weighted by Crippen LogP contribution is -2.37. The number of halogens is 1. The molecule has 0 radical (unpaired) electrons. The maximum atomic E-state index is 12.3. The Bertz CT molecular complexity index is 1060. The van der Waals surface area contributed by atoms with Gasteiger partial charge in [-0.25, -0.2) is 14.6 Å². The highest BCUT2D eigenvalue weighted by Crippen LogP contribution is 2.17. The summed E-state index contributed by atoms with van der Waals surface area (Å²) < 4.78 is 8.75. The third-order valence-corrected chi connectivity index (χ3v) is 3.78. The Balaban J connectivity index is 1.95. The van der Waals surface area contributed by atoms with E-state index in [4.69, 9.17) is 16.3 Å². The molecular weight excluding hydrogens is 336 g/mol. The van der Waals surface area contributed by atoms with Crippen LogP contribution in [-0.2, 0) is 25.4 Å². The number of carbonyl (C=O) groups excluding carboxylic acids is 1. The van der Waals surface area contributed by atoms with E-state index in [-0.39, 0.29) is 17.7 Å².